The van der Waals surface area contributed by atoms with Crippen LogP contribution in [0.5, 0.6) is 0 Å². The van der Waals surface area contributed by atoms with E-state index in [2.05, 4.69) is 10.6 Å². The summed E-state index contributed by atoms with van der Waals surface area (Å²) in [5.74, 6) is -1.37. The SMILES string of the molecule is Cc1cccc(C)c1NC(=O)CNC(=O)COC(=O)Cc1ccc2ccccc2c1. The van der Waals surface area contributed by atoms with Gasteiger partial charge in [0, 0.05) is 5.69 Å². The minimum atomic E-state index is -0.529. The summed E-state index contributed by atoms with van der Waals surface area (Å²) in [7, 11) is 0. The summed E-state index contributed by atoms with van der Waals surface area (Å²) in [6.07, 6.45) is 0.0746. The molecular formula is C24H24N2O4. The fourth-order valence-corrected chi connectivity index (χ4v) is 3.14. The van der Waals surface area contributed by atoms with Crippen molar-refractivity contribution < 1.29 is 19.1 Å². The molecule has 30 heavy (non-hydrogen) atoms. The first-order chi connectivity index (χ1) is 14.4. The van der Waals surface area contributed by atoms with Crippen molar-refractivity contribution >= 4 is 34.2 Å². The van der Waals surface area contributed by atoms with Gasteiger partial charge in [-0.05, 0) is 41.3 Å². The van der Waals surface area contributed by atoms with Gasteiger partial charge in [-0.25, -0.2) is 0 Å². The van der Waals surface area contributed by atoms with E-state index < -0.39 is 18.5 Å². The van der Waals surface area contributed by atoms with Crippen LogP contribution in [0.4, 0.5) is 5.69 Å². The van der Waals surface area contributed by atoms with Crippen molar-refractivity contribution in [2.75, 3.05) is 18.5 Å². The zero-order valence-electron chi connectivity index (χ0n) is 17.0. The van der Waals surface area contributed by atoms with Gasteiger partial charge in [0.25, 0.3) is 5.91 Å². The Morgan fingerprint density at radius 3 is 2.27 bits per heavy atom. The highest BCUT2D eigenvalue weighted by Gasteiger charge is 2.12. The Balaban J connectivity index is 1.42. The fourth-order valence-electron chi connectivity index (χ4n) is 3.14. The van der Waals surface area contributed by atoms with Gasteiger partial charge in [-0.2, -0.15) is 0 Å². The lowest BCUT2D eigenvalue weighted by molar-refractivity contribution is -0.147. The van der Waals surface area contributed by atoms with Crippen molar-refractivity contribution in [3.8, 4) is 0 Å². The van der Waals surface area contributed by atoms with Crippen molar-refractivity contribution in [2.24, 2.45) is 0 Å². The monoisotopic (exact) mass is 404 g/mol. The molecule has 0 aliphatic rings. The van der Waals surface area contributed by atoms with E-state index in [1.54, 1.807) is 0 Å². The van der Waals surface area contributed by atoms with Gasteiger partial charge in [-0.1, -0.05) is 60.7 Å². The molecule has 0 aromatic heterocycles. The molecule has 0 saturated carbocycles. The Labute approximate surface area is 175 Å². The number of fused-ring (bicyclic) bond motifs is 1. The smallest absolute Gasteiger partial charge is 0.310 e. The number of aryl methyl sites for hydroxylation is 2. The van der Waals surface area contributed by atoms with E-state index >= 15 is 0 Å². The molecule has 0 atom stereocenters. The molecule has 6 heteroatoms. The number of para-hydroxylation sites is 1. The molecule has 3 aromatic rings. The summed E-state index contributed by atoms with van der Waals surface area (Å²) in [5, 5.41) is 7.37. The van der Waals surface area contributed by atoms with Crippen LogP contribution in [0.3, 0.4) is 0 Å². The van der Waals surface area contributed by atoms with E-state index in [4.69, 9.17) is 4.74 Å². The maximum absolute atomic E-state index is 12.1. The first-order valence-corrected chi connectivity index (χ1v) is 9.68. The van der Waals surface area contributed by atoms with E-state index in [9.17, 15) is 14.4 Å². The largest absolute Gasteiger partial charge is 0.455 e. The zero-order valence-corrected chi connectivity index (χ0v) is 17.0. The second kappa shape index (κ2) is 9.69. The highest BCUT2D eigenvalue weighted by atomic mass is 16.5. The summed E-state index contributed by atoms with van der Waals surface area (Å²) in [4.78, 5) is 36.0. The molecule has 6 nitrogen and oxygen atoms in total. The molecule has 0 saturated heterocycles. The first-order valence-electron chi connectivity index (χ1n) is 9.68. The molecule has 0 fully saturated rings. The quantitative estimate of drug-likeness (QED) is 0.592. The number of hydrogen-bond donors (Lipinski definition) is 2. The normalized spacial score (nSPS) is 10.5. The molecule has 154 valence electrons. The molecule has 0 aliphatic carbocycles. The second-order valence-electron chi connectivity index (χ2n) is 7.11. The molecule has 2 amide bonds. The highest BCUT2D eigenvalue weighted by Crippen LogP contribution is 2.19. The van der Waals surface area contributed by atoms with E-state index in [-0.39, 0.29) is 18.9 Å². The third kappa shape index (κ3) is 5.67. The molecular weight excluding hydrogens is 380 g/mol. The molecule has 2 N–H and O–H groups in total. The summed E-state index contributed by atoms with van der Waals surface area (Å²) in [5.41, 5.74) is 3.43. The first kappa shape index (κ1) is 21.0. The van der Waals surface area contributed by atoms with Crippen LogP contribution in [0.15, 0.2) is 60.7 Å². The average molecular weight is 404 g/mol. The minimum Gasteiger partial charge on any atom is -0.455 e. The summed E-state index contributed by atoms with van der Waals surface area (Å²) in [6.45, 7) is 3.17. The number of benzene rings is 3. The molecule has 0 bridgehead atoms. The lowest BCUT2D eigenvalue weighted by Gasteiger charge is -2.12. The van der Waals surface area contributed by atoms with Crippen LogP contribution in [-0.4, -0.2) is 30.9 Å². The van der Waals surface area contributed by atoms with Gasteiger partial charge >= 0.3 is 5.97 Å². The van der Waals surface area contributed by atoms with Crippen LogP contribution in [0.2, 0.25) is 0 Å². The van der Waals surface area contributed by atoms with Crippen LogP contribution in [0.25, 0.3) is 10.8 Å². The molecule has 0 unspecified atom stereocenters. The van der Waals surface area contributed by atoms with E-state index in [0.717, 1.165) is 33.2 Å². The summed E-state index contributed by atoms with van der Waals surface area (Å²) in [6, 6.07) is 19.3. The Morgan fingerprint density at radius 1 is 0.833 bits per heavy atom. The fraction of sp³-hybridized carbons (Fsp3) is 0.208. The third-order valence-corrected chi connectivity index (χ3v) is 4.72. The van der Waals surface area contributed by atoms with Crippen LogP contribution in [0, 0.1) is 13.8 Å². The number of esters is 1. The van der Waals surface area contributed by atoms with Crippen molar-refractivity contribution in [3.63, 3.8) is 0 Å². The Bertz CT molecular complexity index is 1070. The number of carbonyl (C=O) groups is 3. The zero-order chi connectivity index (χ0) is 21.5. The number of carbonyl (C=O) groups excluding carboxylic acids is 3. The van der Waals surface area contributed by atoms with E-state index in [1.807, 2.05) is 74.5 Å². The van der Waals surface area contributed by atoms with Crippen LogP contribution < -0.4 is 10.6 Å². The molecule has 0 radical (unpaired) electrons. The van der Waals surface area contributed by atoms with Crippen LogP contribution in [0.1, 0.15) is 16.7 Å². The van der Waals surface area contributed by atoms with Gasteiger partial charge in [0.05, 0.1) is 13.0 Å². The van der Waals surface area contributed by atoms with Crippen molar-refractivity contribution in [1.82, 2.24) is 5.32 Å². The number of hydrogen-bond acceptors (Lipinski definition) is 4. The second-order valence-corrected chi connectivity index (χ2v) is 7.11. The van der Waals surface area contributed by atoms with Gasteiger partial charge in [0.2, 0.25) is 5.91 Å². The Morgan fingerprint density at radius 2 is 1.53 bits per heavy atom. The maximum Gasteiger partial charge on any atom is 0.310 e. The Kier molecular flexibility index (Phi) is 6.80. The molecule has 0 spiro atoms. The predicted molar refractivity (Wildman–Crippen MR) is 116 cm³/mol. The standard InChI is InChI=1S/C24H24N2O4/c1-16-6-5-7-17(2)24(16)26-21(27)14-25-22(28)15-30-23(29)13-18-10-11-19-8-3-4-9-20(19)12-18/h3-12H,13-15H2,1-2H3,(H,25,28)(H,26,27). The topological polar surface area (TPSA) is 84.5 Å². The Hall–Kier alpha value is -3.67. The highest BCUT2D eigenvalue weighted by molar-refractivity contribution is 5.96. The van der Waals surface area contributed by atoms with Gasteiger partial charge in [-0.3, -0.25) is 14.4 Å². The van der Waals surface area contributed by atoms with E-state index in [1.165, 1.54) is 0 Å². The number of rotatable bonds is 7. The summed E-state index contributed by atoms with van der Waals surface area (Å²) < 4.78 is 5.03. The molecule has 0 aliphatic heterocycles. The molecule has 0 heterocycles. The number of anilines is 1. The minimum absolute atomic E-state index is 0.0746. The van der Waals surface area contributed by atoms with Gasteiger partial charge in [-0.15, -0.1) is 0 Å². The van der Waals surface area contributed by atoms with Crippen LogP contribution >= 0.6 is 0 Å². The van der Waals surface area contributed by atoms with Gasteiger partial charge < -0.3 is 15.4 Å². The van der Waals surface area contributed by atoms with Crippen LogP contribution in [-0.2, 0) is 25.5 Å². The number of ether oxygens (including phenoxy) is 1. The summed E-state index contributed by atoms with van der Waals surface area (Å²) >= 11 is 0. The van der Waals surface area contributed by atoms with E-state index in [0.29, 0.717) is 0 Å². The van der Waals surface area contributed by atoms with Gasteiger partial charge in [0.15, 0.2) is 6.61 Å². The third-order valence-electron chi connectivity index (χ3n) is 4.72. The lowest BCUT2D eigenvalue weighted by atomic mass is 10.1. The maximum atomic E-state index is 12.1. The molecule has 3 aromatic carbocycles. The lowest BCUT2D eigenvalue weighted by Crippen LogP contribution is -2.35. The average Bonchev–Trinajstić information content (AvgIpc) is 2.73. The van der Waals surface area contributed by atoms with Gasteiger partial charge in [0.1, 0.15) is 0 Å². The number of nitrogens with one attached hydrogen (secondary N) is 2. The number of amides is 2. The molecule has 3 rings (SSSR count). The van der Waals surface area contributed by atoms with Crippen molar-refractivity contribution in [1.29, 1.82) is 0 Å². The van der Waals surface area contributed by atoms with Crippen molar-refractivity contribution in [3.05, 3.63) is 77.4 Å². The predicted octanol–water partition coefficient (Wildman–Crippen LogP) is 3.30. The van der Waals surface area contributed by atoms with Crippen molar-refractivity contribution in [2.45, 2.75) is 20.3 Å².